The van der Waals surface area contributed by atoms with E-state index in [4.69, 9.17) is 0 Å². The van der Waals surface area contributed by atoms with Gasteiger partial charge in [-0.2, -0.15) is 0 Å². The van der Waals surface area contributed by atoms with E-state index in [2.05, 4.69) is 16.0 Å². The number of rotatable bonds is 4. The number of sulfone groups is 1. The zero-order valence-corrected chi connectivity index (χ0v) is 15.2. The summed E-state index contributed by atoms with van der Waals surface area (Å²) in [5.41, 5.74) is 1.12. The van der Waals surface area contributed by atoms with E-state index in [0.29, 0.717) is 12.2 Å². The van der Waals surface area contributed by atoms with Crippen LogP contribution in [0.3, 0.4) is 0 Å². The fourth-order valence-electron chi connectivity index (χ4n) is 2.90. The third-order valence-electron chi connectivity index (χ3n) is 4.31. The topological polar surface area (TPSA) is 104 Å². The van der Waals surface area contributed by atoms with Crippen LogP contribution in [-0.2, 0) is 14.6 Å². The molecule has 142 valence electrons. The van der Waals surface area contributed by atoms with Crippen molar-refractivity contribution in [2.24, 2.45) is 0 Å². The number of amides is 3. The van der Waals surface area contributed by atoms with Gasteiger partial charge in [-0.1, -0.05) is 12.1 Å². The highest BCUT2D eigenvalue weighted by molar-refractivity contribution is 7.90. The van der Waals surface area contributed by atoms with Crippen molar-refractivity contribution in [2.75, 3.05) is 18.1 Å². The van der Waals surface area contributed by atoms with Gasteiger partial charge in [-0.25, -0.2) is 17.6 Å². The number of anilines is 1. The van der Waals surface area contributed by atoms with Crippen molar-refractivity contribution in [3.8, 4) is 0 Å². The molecule has 3 rings (SSSR count). The Hall–Kier alpha value is -2.94. The Morgan fingerprint density at radius 1 is 1.11 bits per heavy atom. The van der Waals surface area contributed by atoms with Gasteiger partial charge in [0.05, 0.1) is 4.90 Å². The molecule has 2 aromatic carbocycles. The summed E-state index contributed by atoms with van der Waals surface area (Å²) < 4.78 is 36.1. The van der Waals surface area contributed by atoms with E-state index in [0.717, 1.165) is 11.8 Å². The van der Waals surface area contributed by atoms with Crippen LogP contribution in [0.5, 0.6) is 0 Å². The lowest BCUT2D eigenvalue weighted by molar-refractivity contribution is -0.120. The van der Waals surface area contributed by atoms with Crippen molar-refractivity contribution in [1.82, 2.24) is 10.6 Å². The first-order valence-electron chi connectivity index (χ1n) is 8.15. The molecule has 1 aliphatic rings. The molecule has 0 bridgehead atoms. The summed E-state index contributed by atoms with van der Waals surface area (Å²) in [5.74, 6) is -1.10. The van der Waals surface area contributed by atoms with Crippen LogP contribution >= 0.6 is 0 Å². The summed E-state index contributed by atoms with van der Waals surface area (Å²) in [4.78, 5) is 24.5. The SMILES string of the molecule is CS(=O)(=O)c1ccc(C2CNC(=O)C2NC(=O)Nc2ccc(F)cc2)cc1. The summed E-state index contributed by atoms with van der Waals surface area (Å²) in [6.45, 7) is 0.318. The minimum atomic E-state index is -3.31. The Morgan fingerprint density at radius 3 is 2.33 bits per heavy atom. The van der Waals surface area contributed by atoms with Gasteiger partial charge in [0.1, 0.15) is 11.9 Å². The largest absolute Gasteiger partial charge is 0.354 e. The number of benzene rings is 2. The van der Waals surface area contributed by atoms with Crippen molar-refractivity contribution < 1.29 is 22.4 Å². The molecule has 27 heavy (non-hydrogen) atoms. The predicted octanol–water partition coefficient (Wildman–Crippen LogP) is 1.63. The number of hydrogen-bond acceptors (Lipinski definition) is 4. The molecule has 3 amide bonds. The van der Waals surface area contributed by atoms with E-state index in [1.807, 2.05) is 0 Å². The molecule has 3 N–H and O–H groups in total. The first-order chi connectivity index (χ1) is 12.7. The van der Waals surface area contributed by atoms with Crippen molar-refractivity contribution in [3.05, 3.63) is 59.9 Å². The zero-order chi connectivity index (χ0) is 19.6. The van der Waals surface area contributed by atoms with Crippen molar-refractivity contribution in [1.29, 1.82) is 0 Å². The molecule has 0 aromatic heterocycles. The maximum Gasteiger partial charge on any atom is 0.319 e. The van der Waals surface area contributed by atoms with Crippen LogP contribution in [0.25, 0.3) is 0 Å². The normalized spacial score (nSPS) is 19.4. The highest BCUT2D eigenvalue weighted by Crippen LogP contribution is 2.25. The van der Waals surface area contributed by atoms with Gasteiger partial charge in [-0.05, 0) is 42.0 Å². The summed E-state index contributed by atoms with van der Waals surface area (Å²) in [6, 6.07) is 10.0. The lowest BCUT2D eigenvalue weighted by Gasteiger charge is -2.19. The van der Waals surface area contributed by atoms with E-state index >= 15 is 0 Å². The second-order valence-electron chi connectivity index (χ2n) is 6.28. The fraction of sp³-hybridized carbons (Fsp3) is 0.222. The maximum atomic E-state index is 12.9. The molecule has 9 heteroatoms. The predicted molar refractivity (Wildman–Crippen MR) is 97.6 cm³/mol. The van der Waals surface area contributed by atoms with Gasteiger partial charge in [0.2, 0.25) is 5.91 Å². The van der Waals surface area contributed by atoms with Crippen LogP contribution in [0.4, 0.5) is 14.9 Å². The minimum Gasteiger partial charge on any atom is -0.354 e. The number of hydrogen-bond donors (Lipinski definition) is 3. The fourth-order valence-corrected chi connectivity index (χ4v) is 3.53. The zero-order valence-electron chi connectivity index (χ0n) is 14.4. The standard InChI is InChI=1S/C18H18FN3O4S/c1-27(25,26)14-8-2-11(3-9-14)15-10-20-17(23)16(15)22-18(24)21-13-6-4-12(19)5-7-13/h2-9,15-16H,10H2,1H3,(H,20,23)(H2,21,22,24). The van der Waals surface area contributed by atoms with Crippen LogP contribution in [0.1, 0.15) is 11.5 Å². The first kappa shape index (κ1) is 18.8. The molecule has 7 nitrogen and oxygen atoms in total. The molecular weight excluding hydrogens is 373 g/mol. The van der Waals surface area contributed by atoms with Crippen LogP contribution < -0.4 is 16.0 Å². The molecule has 1 heterocycles. The van der Waals surface area contributed by atoms with Gasteiger partial charge in [-0.3, -0.25) is 4.79 Å². The smallest absolute Gasteiger partial charge is 0.319 e. The monoisotopic (exact) mass is 391 g/mol. The molecule has 0 spiro atoms. The van der Waals surface area contributed by atoms with E-state index < -0.39 is 27.7 Å². The van der Waals surface area contributed by atoms with Gasteiger partial charge in [0.25, 0.3) is 0 Å². The molecular formula is C18H18FN3O4S. The van der Waals surface area contributed by atoms with Gasteiger partial charge in [0, 0.05) is 24.4 Å². The highest BCUT2D eigenvalue weighted by atomic mass is 32.2. The average Bonchev–Trinajstić information content (AvgIpc) is 2.97. The van der Waals surface area contributed by atoms with E-state index in [1.54, 1.807) is 12.1 Å². The van der Waals surface area contributed by atoms with Crippen LogP contribution in [0, 0.1) is 5.82 Å². The Morgan fingerprint density at radius 2 is 1.74 bits per heavy atom. The van der Waals surface area contributed by atoms with Gasteiger partial charge in [-0.15, -0.1) is 0 Å². The Labute approximate surface area is 155 Å². The number of carbonyl (C=O) groups excluding carboxylic acids is 2. The van der Waals surface area contributed by atoms with E-state index in [-0.39, 0.29) is 16.7 Å². The molecule has 2 unspecified atom stereocenters. The van der Waals surface area contributed by atoms with Crippen LogP contribution in [-0.4, -0.2) is 39.2 Å². The van der Waals surface area contributed by atoms with Crippen molar-refractivity contribution in [3.63, 3.8) is 0 Å². The summed E-state index contributed by atoms with van der Waals surface area (Å²) in [6.07, 6.45) is 1.12. The summed E-state index contributed by atoms with van der Waals surface area (Å²) in [5, 5.41) is 7.84. The summed E-state index contributed by atoms with van der Waals surface area (Å²) >= 11 is 0. The maximum absolute atomic E-state index is 12.9. The van der Waals surface area contributed by atoms with Gasteiger partial charge in [0.15, 0.2) is 9.84 Å². The second-order valence-corrected chi connectivity index (χ2v) is 8.29. The molecule has 0 saturated carbocycles. The molecule has 0 aliphatic carbocycles. The quantitative estimate of drug-likeness (QED) is 0.737. The third kappa shape index (κ3) is 4.43. The van der Waals surface area contributed by atoms with Crippen molar-refractivity contribution >= 4 is 27.5 Å². The van der Waals surface area contributed by atoms with Crippen LogP contribution in [0.15, 0.2) is 53.4 Å². The highest BCUT2D eigenvalue weighted by Gasteiger charge is 2.36. The third-order valence-corrected chi connectivity index (χ3v) is 5.43. The van der Waals surface area contributed by atoms with Gasteiger partial charge < -0.3 is 16.0 Å². The molecule has 1 saturated heterocycles. The van der Waals surface area contributed by atoms with E-state index in [9.17, 15) is 22.4 Å². The molecule has 1 aliphatic heterocycles. The minimum absolute atomic E-state index is 0.182. The Bertz CT molecular complexity index is 959. The van der Waals surface area contributed by atoms with Gasteiger partial charge >= 0.3 is 6.03 Å². The van der Waals surface area contributed by atoms with Crippen LogP contribution in [0.2, 0.25) is 0 Å². The lowest BCUT2D eigenvalue weighted by Crippen LogP contribution is -2.44. The van der Waals surface area contributed by atoms with E-state index in [1.165, 1.54) is 36.4 Å². The Kier molecular flexibility index (Phi) is 5.13. The molecule has 1 fully saturated rings. The molecule has 2 atom stereocenters. The molecule has 0 radical (unpaired) electrons. The van der Waals surface area contributed by atoms with Crippen molar-refractivity contribution in [2.45, 2.75) is 16.9 Å². The second kappa shape index (κ2) is 7.36. The average molecular weight is 391 g/mol. The Balaban J connectivity index is 1.72. The number of nitrogens with one attached hydrogen (secondary N) is 3. The first-order valence-corrected chi connectivity index (χ1v) is 10.0. The molecule has 2 aromatic rings. The number of halogens is 1. The number of carbonyl (C=O) groups is 2. The number of urea groups is 1. The lowest BCUT2D eigenvalue weighted by atomic mass is 9.94. The summed E-state index contributed by atoms with van der Waals surface area (Å²) in [7, 11) is -3.31.